The van der Waals surface area contributed by atoms with Crippen molar-refractivity contribution in [2.45, 2.75) is 37.7 Å². The molecule has 0 amide bonds. The zero-order valence-corrected chi connectivity index (χ0v) is 17.9. The Morgan fingerprint density at radius 1 is 0.875 bits per heavy atom. The van der Waals surface area contributed by atoms with Gasteiger partial charge in [-0.25, -0.2) is 4.98 Å². The number of aliphatic hydroxyl groups is 1. The van der Waals surface area contributed by atoms with E-state index in [2.05, 4.69) is 0 Å². The number of benzene rings is 3. The van der Waals surface area contributed by atoms with Crippen LogP contribution in [0.25, 0.3) is 22.6 Å². The molecule has 1 heterocycles. The molecule has 1 saturated carbocycles. The second kappa shape index (κ2) is 8.64. The predicted octanol–water partition coefficient (Wildman–Crippen LogP) is 6.33. The summed E-state index contributed by atoms with van der Waals surface area (Å²) in [5.74, 6) is 1.28. The summed E-state index contributed by atoms with van der Waals surface area (Å²) in [5, 5.41) is 21.8. The third-order valence-electron chi connectivity index (χ3n) is 6.51. The molecule has 0 spiro atoms. The minimum Gasteiger partial charge on any atom is -0.508 e. The second-order valence-electron chi connectivity index (χ2n) is 8.67. The van der Waals surface area contributed by atoms with Gasteiger partial charge < -0.3 is 14.6 Å². The standard InChI is InChI=1S/C28H27NO3/c30-24-16-9-10-20(19-24)18-23-15-7-8-17-28(23,31)27-29-25(21-11-3-1-4-12-21)26(32-27)22-13-5-2-6-14-22/h1-6,9-14,16,19,23,30-31H,7-8,15,17-18H2. The van der Waals surface area contributed by atoms with Crippen LogP contribution in [0.5, 0.6) is 5.75 Å². The zero-order valence-electron chi connectivity index (χ0n) is 17.9. The average molecular weight is 426 g/mol. The molecule has 0 bridgehead atoms. The molecule has 32 heavy (non-hydrogen) atoms. The van der Waals surface area contributed by atoms with Gasteiger partial charge in [-0.2, -0.15) is 0 Å². The maximum Gasteiger partial charge on any atom is 0.227 e. The Labute approximate surface area is 188 Å². The highest BCUT2D eigenvalue weighted by molar-refractivity contribution is 5.76. The van der Waals surface area contributed by atoms with Crippen molar-refractivity contribution in [2.24, 2.45) is 5.92 Å². The largest absolute Gasteiger partial charge is 0.508 e. The summed E-state index contributed by atoms with van der Waals surface area (Å²) in [6, 6.07) is 27.2. The Balaban J connectivity index is 1.58. The number of hydrogen-bond donors (Lipinski definition) is 2. The first-order valence-corrected chi connectivity index (χ1v) is 11.3. The van der Waals surface area contributed by atoms with Crippen molar-refractivity contribution in [3.8, 4) is 28.3 Å². The van der Waals surface area contributed by atoms with Gasteiger partial charge in [-0.05, 0) is 37.0 Å². The van der Waals surface area contributed by atoms with E-state index in [9.17, 15) is 10.2 Å². The van der Waals surface area contributed by atoms with Crippen molar-refractivity contribution in [3.05, 3.63) is 96.4 Å². The van der Waals surface area contributed by atoms with Crippen LogP contribution in [0.2, 0.25) is 0 Å². The molecule has 2 N–H and O–H groups in total. The van der Waals surface area contributed by atoms with Crippen molar-refractivity contribution in [1.29, 1.82) is 0 Å². The van der Waals surface area contributed by atoms with Gasteiger partial charge in [0.15, 0.2) is 5.76 Å². The van der Waals surface area contributed by atoms with Gasteiger partial charge in [0.1, 0.15) is 17.0 Å². The molecule has 4 nitrogen and oxygen atoms in total. The average Bonchev–Trinajstić information content (AvgIpc) is 3.28. The molecule has 1 aromatic heterocycles. The molecule has 5 rings (SSSR count). The quantitative estimate of drug-likeness (QED) is 0.392. The summed E-state index contributed by atoms with van der Waals surface area (Å²) >= 11 is 0. The number of phenols is 1. The molecular weight excluding hydrogens is 398 g/mol. The summed E-state index contributed by atoms with van der Waals surface area (Å²) in [4.78, 5) is 4.90. The first-order valence-electron chi connectivity index (χ1n) is 11.3. The van der Waals surface area contributed by atoms with Gasteiger partial charge in [-0.1, -0.05) is 85.6 Å². The van der Waals surface area contributed by atoms with Crippen LogP contribution in [-0.4, -0.2) is 15.2 Å². The molecule has 162 valence electrons. The maximum atomic E-state index is 11.9. The third kappa shape index (κ3) is 3.94. The van der Waals surface area contributed by atoms with E-state index in [1.807, 2.05) is 72.8 Å². The van der Waals surface area contributed by atoms with Gasteiger partial charge in [0.05, 0.1) is 0 Å². The maximum absolute atomic E-state index is 11.9. The highest BCUT2D eigenvalue weighted by Crippen LogP contribution is 2.45. The van der Waals surface area contributed by atoms with Crippen LogP contribution in [0.15, 0.2) is 89.3 Å². The van der Waals surface area contributed by atoms with Crippen LogP contribution in [0.1, 0.15) is 37.1 Å². The summed E-state index contributed by atoms with van der Waals surface area (Å²) in [6.45, 7) is 0. The lowest BCUT2D eigenvalue weighted by Crippen LogP contribution is -2.39. The van der Waals surface area contributed by atoms with Crippen molar-refractivity contribution < 1.29 is 14.6 Å². The van der Waals surface area contributed by atoms with Crippen LogP contribution in [0, 0.1) is 5.92 Å². The Morgan fingerprint density at radius 2 is 1.59 bits per heavy atom. The van der Waals surface area contributed by atoms with E-state index in [0.717, 1.165) is 41.6 Å². The first kappa shape index (κ1) is 20.5. The van der Waals surface area contributed by atoms with Crippen molar-refractivity contribution in [2.75, 3.05) is 0 Å². The summed E-state index contributed by atoms with van der Waals surface area (Å²) in [5.41, 5.74) is 2.51. The van der Waals surface area contributed by atoms with Crippen LogP contribution in [-0.2, 0) is 12.0 Å². The van der Waals surface area contributed by atoms with E-state index in [1.165, 1.54) is 0 Å². The van der Waals surface area contributed by atoms with Crippen LogP contribution in [0.4, 0.5) is 0 Å². The number of hydrogen-bond acceptors (Lipinski definition) is 4. The molecule has 1 fully saturated rings. The van der Waals surface area contributed by atoms with E-state index in [1.54, 1.807) is 12.1 Å². The fraction of sp³-hybridized carbons (Fsp3) is 0.250. The molecule has 2 atom stereocenters. The molecule has 2 unspecified atom stereocenters. The minimum atomic E-state index is -1.15. The van der Waals surface area contributed by atoms with Gasteiger partial charge in [0.2, 0.25) is 5.89 Å². The van der Waals surface area contributed by atoms with Crippen LogP contribution in [0.3, 0.4) is 0 Å². The molecule has 4 aromatic rings. The van der Waals surface area contributed by atoms with Gasteiger partial charge in [-0.15, -0.1) is 0 Å². The fourth-order valence-electron chi connectivity index (χ4n) is 4.83. The topological polar surface area (TPSA) is 66.5 Å². The van der Waals surface area contributed by atoms with E-state index < -0.39 is 5.60 Å². The van der Waals surface area contributed by atoms with E-state index in [0.29, 0.717) is 24.5 Å². The lowest BCUT2D eigenvalue weighted by atomic mass is 9.72. The number of oxazole rings is 1. The molecule has 3 aromatic carbocycles. The second-order valence-corrected chi connectivity index (χ2v) is 8.67. The monoisotopic (exact) mass is 425 g/mol. The Kier molecular flexibility index (Phi) is 5.54. The summed E-state index contributed by atoms with van der Waals surface area (Å²) in [6.07, 6.45) is 4.14. The Morgan fingerprint density at radius 3 is 2.31 bits per heavy atom. The number of phenolic OH excluding ortho intramolecular Hbond substituents is 1. The molecule has 0 aliphatic heterocycles. The summed E-state index contributed by atoms with van der Waals surface area (Å²) in [7, 11) is 0. The smallest absolute Gasteiger partial charge is 0.227 e. The first-order chi connectivity index (χ1) is 15.6. The van der Waals surface area contributed by atoms with Gasteiger partial charge >= 0.3 is 0 Å². The molecular formula is C28H27NO3. The molecule has 1 aliphatic rings. The normalized spacial score (nSPS) is 20.8. The fourth-order valence-corrected chi connectivity index (χ4v) is 4.83. The lowest BCUT2D eigenvalue weighted by Gasteiger charge is -2.37. The number of nitrogens with zero attached hydrogens (tertiary/aromatic N) is 1. The zero-order chi connectivity index (χ0) is 22.0. The van der Waals surface area contributed by atoms with Crippen molar-refractivity contribution in [1.82, 2.24) is 4.98 Å². The Bertz CT molecular complexity index is 1130. The predicted molar refractivity (Wildman–Crippen MR) is 125 cm³/mol. The molecule has 1 aliphatic carbocycles. The SMILES string of the molecule is Oc1cccc(CC2CCCCC2(O)c2nc(-c3ccccc3)c(-c3ccccc3)o2)c1. The van der Waals surface area contributed by atoms with E-state index in [4.69, 9.17) is 9.40 Å². The van der Waals surface area contributed by atoms with Gasteiger partial charge in [-0.3, -0.25) is 0 Å². The highest BCUT2D eigenvalue weighted by atomic mass is 16.4. The molecule has 0 saturated heterocycles. The minimum absolute atomic E-state index is 0.0380. The molecule has 0 radical (unpaired) electrons. The number of aromatic hydroxyl groups is 1. The van der Waals surface area contributed by atoms with Crippen LogP contribution < -0.4 is 0 Å². The highest BCUT2D eigenvalue weighted by Gasteiger charge is 2.45. The summed E-state index contributed by atoms with van der Waals surface area (Å²) < 4.78 is 6.38. The van der Waals surface area contributed by atoms with E-state index >= 15 is 0 Å². The number of rotatable bonds is 5. The van der Waals surface area contributed by atoms with Gasteiger partial charge in [0.25, 0.3) is 0 Å². The van der Waals surface area contributed by atoms with Crippen molar-refractivity contribution >= 4 is 0 Å². The lowest BCUT2D eigenvalue weighted by molar-refractivity contribution is -0.0742. The number of aromatic nitrogens is 1. The molecule has 4 heteroatoms. The van der Waals surface area contributed by atoms with Crippen LogP contribution >= 0.6 is 0 Å². The van der Waals surface area contributed by atoms with Gasteiger partial charge in [0, 0.05) is 17.0 Å². The van der Waals surface area contributed by atoms with Crippen molar-refractivity contribution in [3.63, 3.8) is 0 Å². The Hall–Kier alpha value is -3.37. The third-order valence-corrected chi connectivity index (χ3v) is 6.51. The van der Waals surface area contributed by atoms with E-state index in [-0.39, 0.29) is 11.7 Å².